The molecule has 0 radical (unpaired) electrons. The van der Waals surface area contributed by atoms with Crippen LogP contribution in [0.4, 0.5) is 4.39 Å². The van der Waals surface area contributed by atoms with Crippen molar-refractivity contribution in [1.29, 1.82) is 0 Å². The number of carbonyl (C=O) groups is 1. The van der Waals surface area contributed by atoms with Crippen molar-refractivity contribution in [2.45, 2.75) is 24.8 Å². The van der Waals surface area contributed by atoms with Gasteiger partial charge in [-0.15, -0.1) is 0 Å². The van der Waals surface area contributed by atoms with Crippen molar-refractivity contribution < 1.29 is 14.3 Å². The van der Waals surface area contributed by atoms with Crippen LogP contribution in [0.25, 0.3) is 5.69 Å². The van der Waals surface area contributed by atoms with E-state index in [-0.39, 0.29) is 11.6 Å². The van der Waals surface area contributed by atoms with E-state index in [4.69, 9.17) is 5.11 Å². The van der Waals surface area contributed by atoms with E-state index in [1.165, 1.54) is 10.7 Å². The average molecular weight is 294 g/mol. The van der Waals surface area contributed by atoms with E-state index in [1.54, 1.807) is 18.2 Å². The molecule has 2 rings (SSSR count). The molecule has 0 saturated heterocycles. The second kappa shape index (κ2) is 6.56. The maximum absolute atomic E-state index is 13.9. The summed E-state index contributed by atoms with van der Waals surface area (Å²) in [6, 6.07) is 8.15. The number of carboxylic acids is 1. The van der Waals surface area contributed by atoms with E-state index < -0.39 is 5.97 Å². The van der Waals surface area contributed by atoms with Gasteiger partial charge in [0.15, 0.2) is 0 Å². The Kier molecular flexibility index (Phi) is 4.79. The molecule has 1 heterocycles. The SMILES string of the molecule is CCCc1cc(SCC(=O)O)n(-c2ccccc2F)n1. The van der Waals surface area contributed by atoms with E-state index in [2.05, 4.69) is 5.10 Å². The van der Waals surface area contributed by atoms with Crippen LogP contribution in [0.15, 0.2) is 35.4 Å². The molecule has 6 heteroatoms. The molecule has 0 bridgehead atoms. The van der Waals surface area contributed by atoms with Gasteiger partial charge in [0, 0.05) is 0 Å². The number of carboxylic acid groups (broad SMARTS) is 1. The van der Waals surface area contributed by atoms with Crippen molar-refractivity contribution in [2.24, 2.45) is 0 Å². The van der Waals surface area contributed by atoms with Crippen LogP contribution in [0.3, 0.4) is 0 Å². The second-order valence-corrected chi connectivity index (χ2v) is 5.27. The van der Waals surface area contributed by atoms with Crippen molar-refractivity contribution in [2.75, 3.05) is 5.75 Å². The van der Waals surface area contributed by atoms with Gasteiger partial charge in [-0.05, 0) is 24.6 Å². The molecule has 0 aliphatic rings. The molecule has 20 heavy (non-hydrogen) atoms. The Morgan fingerprint density at radius 3 is 2.85 bits per heavy atom. The number of hydrogen-bond donors (Lipinski definition) is 1. The summed E-state index contributed by atoms with van der Waals surface area (Å²) in [7, 11) is 0. The quantitative estimate of drug-likeness (QED) is 0.832. The van der Waals surface area contributed by atoms with E-state index in [1.807, 2.05) is 13.0 Å². The summed E-state index contributed by atoms with van der Waals surface area (Å²) < 4.78 is 15.3. The van der Waals surface area contributed by atoms with Crippen LogP contribution >= 0.6 is 11.8 Å². The third kappa shape index (κ3) is 3.39. The Bertz CT molecular complexity index is 613. The topological polar surface area (TPSA) is 55.1 Å². The minimum Gasteiger partial charge on any atom is -0.481 e. The van der Waals surface area contributed by atoms with E-state index >= 15 is 0 Å². The van der Waals surface area contributed by atoms with E-state index in [0.717, 1.165) is 30.3 Å². The van der Waals surface area contributed by atoms with Crippen LogP contribution in [-0.4, -0.2) is 26.6 Å². The van der Waals surface area contributed by atoms with Gasteiger partial charge in [-0.1, -0.05) is 37.2 Å². The first kappa shape index (κ1) is 14.6. The smallest absolute Gasteiger partial charge is 0.313 e. The largest absolute Gasteiger partial charge is 0.481 e. The van der Waals surface area contributed by atoms with Gasteiger partial charge in [0.2, 0.25) is 0 Å². The molecule has 0 unspecified atom stereocenters. The molecule has 0 atom stereocenters. The molecule has 0 aliphatic carbocycles. The van der Waals surface area contributed by atoms with Crippen LogP contribution < -0.4 is 0 Å². The highest BCUT2D eigenvalue weighted by molar-refractivity contribution is 7.99. The molecule has 4 nitrogen and oxygen atoms in total. The van der Waals surface area contributed by atoms with Gasteiger partial charge in [0.25, 0.3) is 0 Å². The summed E-state index contributed by atoms with van der Waals surface area (Å²) in [5.74, 6) is -1.37. The lowest BCUT2D eigenvalue weighted by Gasteiger charge is -2.06. The molecule has 1 aromatic carbocycles. The summed E-state index contributed by atoms with van der Waals surface area (Å²) in [6.07, 6.45) is 1.71. The number of halogens is 1. The Morgan fingerprint density at radius 1 is 1.45 bits per heavy atom. The number of aryl methyl sites for hydroxylation is 1. The molecule has 2 aromatic rings. The van der Waals surface area contributed by atoms with Gasteiger partial charge < -0.3 is 5.11 Å². The minimum atomic E-state index is -0.909. The van der Waals surface area contributed by atoms with E-state index in [9.17, 15) is 9.18 Å². The summed E-state index contributed by atoms with van der Waals surface area (Å²) in [6.45, 7) is 2.03. The van der Waals surface area contributed by atoms with Crippen molar-refractivity contribution in [3.8, 4) is 5.69 Å². The lowest BCUT2D eigenvalue weighted by atomic mass is 10.3. The molecule has 0 spiro atoms. The van der Waals surface area contributed by atoms with Crippen molar-refractivity contribution in [3.63, 3.8) is 0 Å². The van der Waals surface area contributed by atoms with Gasteiger partial charge >= 0.3 is 5.97 Å². The van der Waals surface area contributed by atoms with Crippen LogP contribution in [0, 0.1) is 5.82 Å². The summed E-state index contributed by atoms with van der Waals surface area (Å²) in [5.41, 5.74) is 1.17. The zero-order chi connectivity index (χ0) is 14.5. The van der Waals surface area contributed by atoms with Gasteiger partial charge in [-0.25, -0.2) is 9.07 Å². The van der Waals surface area contributed by atoms with Gasteiger partial charge in [-0.2, -0.15) is 5.10 Å². The summed E-state index contributed by atoms with van der Waals surface area (Å²) >= 11 is 1.14. The Labute approximate surface area is 120 Å². The molecule has 0 fully saturated rings. The number of rotatable bonds is 6. The molecule has 1 aromatic heterocycles. The zero-order valence-electron chi connectivity index (χ0n) is 11.0. The number of hydrogen-bond acceptors (Lipinski definition) is 3. The second-order valence-electron chi connectivity index (χ2n) is 4.27. The fourth-order valence-corrected chi connectivity index (χ4v) is 2.58. The Balaban J connectivity index is 2.39. The number of para-hydroxylation sites is 1. The number of aliphatic carboxylic acids is 1. The molecular formula is C14H15FN2O2S. The number of thioether (sulfide) groups is 1. The lowest BCUT2D eigenvalue weighted by molar-refractivity contribution is -0.133. The highest BCUT2D eigenvalue weighted by Gasteiger charge is 2.14. The van der Waals surface area contributed by atoms with Gasteiger partial charge in [0.1, 0.15) is 16.5 Å². The van der Waals surface area contributed by atoms with Crippen LogP contribution in [-0.2, 0) is 11.2 Å². The number of aromatic nitrogens is 2. The van der Waals surface area contributed by atoms with Crippen molar-refractivity contribution >= 4 is 17.7 Å². The lowest BCUT2D eigenvalue weighted by Crippen LogP contribution is -2.04. The maximum atomic E-state index is 13.9. The molecule has 0 amide bonds. The maximum Gasteiger partial charge on any atom is 0.313 e. The number of nitrogens with zero attached hydrogens (tertiary/aromatic N) is 2. The monoisotopic (exact) mass is 294 g/mol. The first-order chi connectivity index (χ1) is 9.61. The molecule has 0 saturated carbocycles. The molecule has 1 N–H and O–H groups in total. The fourth-order valence-electron chi connectivity index (χ4n) is 1.82. The first-order valence-electron chi connectivity index (χ1n) is 6.30. The Hall–Kier alpha value is -1.82. The zero-order valence-corrected chi connectivity index (χ0v) is 11.9. The standard InChI is InChI=1S/C14H15FN2O2S/c1-2-5-10-8-13(20-9-14(18)19)17(16-10)12-7-4-3-6-11(12)15/h3-4,6-8H,2,5,9H2,1H3,(H,18,19). The number of benzene rings is 1. The average Bonchev–Trinajstić information content (AvgIpc) is 2.80. The predicted octanol–water partition coefficient (Wildman–Crippen LogP) is 3.14. The highest BCUT2D eigenvalue weighted by Crippen LogP contribution is 2.25. The summed E-state index contributed by atoms with van der Waals surface area (Å²) in [5, 5.41) is 13.8. The van der Waals surface area contributed by atoms with E-state index in [0.29, 0.717) is 10.7 Å². The normalized spacial score (nSPS) is 10.7. The third-order valence-corrected chi connectivity index (χ3v) is 3.64. The first-order valence-corrected chi connectivity index (χ1v) is 7.28. The Morgan fingerprint density at radius 2 is 2.20 bits per heavy atom. The fraction of sp³-hybridized carbons (Fsp3) is 0.286. The van der Waals surface area contributed by atoms with Crippen LogP contribution in [0.2, 0.25) is 0 Å². The van der Waals surface area contributed by atoms with Crippen LogP contribution in [0.5, 0.6) is 0 Å². The van der Waals surface area contributed by atoms with Gasteiger partial charge in [-0.3, -0.25) is 4.79 Å². The van der Waals surface area contributed by atoms with Crippen molar-refractivity contribution in [1.82, 2.24) is 9.78 Å². The predicted molar refractivity (Wildman–Crippen MR) is 75.9 cm³/mol. The molecule has 0 aliphatic heterocycles. The molecule has 106 valence electrons. The molecular weight excluding hydrogens is 279 g/mol. The third-order valence-electron chi connectivity index (χ3n) is 2.66. The highest BCUT2D eigenvalue weighted by atomic mass is 32.2. The van der Waals surface area contributed by atoms with Crippen molar-refractivity contribution in [3.05, 3.63) is 41.8 Å². The van der Waals surface area contributed by atoms with Gasteiger partial charge in [0.05, 0.1) is 11.4 Å². The minimum absolute atomic E-state index is 0.0777. The van der Waals surface area contributed by atoms with Crippen LogP contribution in [0.1, 0.15) is 19.0 Å². The summed E-state index contributed by atoms with van der Waals surface area (Å²) in [4.78, 5) is 10.7.